The van der Waals surface area contributed by atoms with E-state index in [9.17, 15) is 9.59 Å². The Morgan fingerprint density at radius 2 is 1.87 bits per heavy atom. The van der Waals surface area contributed by atoms with E-state index in [-0.39, 0.29) is 17.7 Å². The van der Waals surface area contributed by atoms with Crippen LogP contribution in [0.5, 0.6) is 0 Å². The van der Waals surface area contributed by atoms with E-state index in [2.05, 4.69) is 19.2 Å². The summed E-state index contributed by atoms with van der Waals surface area (Å²) >= 11 is 0. The van der Waals surface area contributed by atoms with Crippen molar-refractivity contribution in [2.24, 2.45) is 5.41 Å². The highest BCUT2D eigenvalue weighted by molar-refractivity contribution is 5.76. The number of carboxylic acid groups (broad SMARTS) is 1. The molecule has 86 valence electrons. The van der Waals surface area contributed by atoms with Gasteiger partial charge in [-0.15, -0.1) is 0 Å². The zero-order chi connectivity index (χ0) is 11.5. The van der Waals surface area contributed by atoms with Crippen molar-refractivity contribution >= 4 is 11.9 Å². The number of nitrogens with one attached hydrogen (secondary N) is 1. The molecule has 15 heavy (non-hydrogen) atoms. The van der Waals surface area contributed by atoms with Crippen molar-refractivity contribution in [3.63, 3.8) is 0 Å². The Balaban J connectivity index is 2.02. The molecule has 4 heteroatoms. The molecule has 0 aliphatic heterocycles. The molecule has 0 heterocycles. The molecular formula is C11H19NO3. The molecule has 0 aromatic carbocycles. The molecule has 1 atom stereocenters. The number of hydrogen-bond acceptors (Lipinski definition) is 2. The van der Waals surface area contributed by atoms with Gasteiger partial charge < -0.3 is 10.4 Å². The van der Waals surface area contributed by atoms with Crippen molar-refractivity contribution in [2.75, 3.05) is 0 Å². The lowest BCUT2D eigenvalue weighted by Gasteiger charge is -2.06. The number of hydrogen-bond donors (Lipinski definition) is 2. The second kappa shape index (κ2) is 4.64. The van der Waals surface area contributed by atoms with Gasteiger partial charge in [0.1, 0.15) is 0 Å². The van der Waals surface area contributed by atoms with E-state index in [0.29, 0.717) is 25.3 Å². The summed E-state index contributed by atoms with van der Waals surface area (Å²) in [5.74, 6) is -0.741. The van der Waals surface area contributed by atoms with E-state index in [1.807, 2.05) is 0 Å². The van der Waals surface area contributed by atoms with Crippen LogP contribution in [0.25, 0.3) is 0 Å². The Labute approximate surface area is 90.0 Å². The largest absolute Gasteiger partial charge is 0.481 e. The van der Waals surface area contributed by atoms with Crippen LogP contribution < -0.4 is 5.32 Å². The predicted molar refractivity (Wildman–Crippen MR) is 56.4 cm³/mol. The molecule has 1 aliphatic carbocycles. The quantitative estimate of drug-likeness (QED) is 0.658. The minimum absolute atomic E-state index is 0.0518. The fourth-order valence-corrected chi connectivity index (χ4v) is 1.54. The Morgan fingerprint density at radius 3 is 2.33 bits per heavy atom. The lowest BCUT2D eigenvalue weighted by molar-refractivity contribution is -0.137. The Bertz CT molecular complexity index is 261. The van der Waals surface area contributed by atoms with Crippen LogP contribution in [-0.4, -0.2) is 23.0 Å². The van der Waals surface area contributed by atoms with Gasteiger partial charge in [-0.2, -0.15) is 0 Å². The van der Waals surface area contributed by atoms with Gasteiger partial charge in [-0.1, -0.05) is 13.8 Å². The van der Waals surface area contributed by atoms with Gasteiger partial charge in [0, 0.05) is 18.9 Å². The maximum absolute atomic E-state index is 11.4. The van der Waals surface area contributed by atoms with E-state index < -0.39 is 5.97 Å². The van der Waals surface area contributed by atoms with Gasteiger partial charge in [-0.05, 0) is 24.7 Å². The van der Waals surface area contributed by atoms with Crippen molar-refractivity contribution in [2.45, 2.75) is 52.0 Å². The maximum atomic E-state index is 11.4. The topological polar surface area (TPSA) is 66.4 Å². The first-order chi connectivity index (χ1) is 6.92. The molecule has 0 aromatic rings. The van der Waals surface area contributed by atoms with Gasteiger partial charge in [0.2, 0.25) is 5.91 Å². The molecule has 1 amide bonds. The van der Waals surface area contributed by atoms with Gasteiger partial charge >= 0.3 is 5.97 Å². The summed E-state index contributed by atoms with van der Waals surface area (Å²) < 4.78 is 0. The third-order valence-electron chi connectivity index (χ3n) is 2.89. The molecule has 4 nitrogen and oxygen atoms in total. The number of carbonyl (C=O) groups is 2. The highest BCUT2D eigenvalue weighted by Crippen LogP contribution is 2.44. The van der Waals surface area contributed by atoms with Crippen LogP contribution >= 0.6 is 0 Å². The predicted octanol–water partition coefficient (Wildman–Crippen LogP) is 1.55. The van der Waals surface area contributed by atoms with Gasteiger partial charge in [0.05, 0.1) is 0 Å². The van der Waals surface area contributed by atoms with Crippen molar-refractivity contribution in [3.8, 4) is 0 Å². The first kappa shape index (κ1) is 12.0. The fourth-order valence-electron chi connectivity index (χ4n) is 1.54. The summed E-state index contributed by atoms with van der Waals surface area (Å²) in [6.07, 6.45) is 2.89. The van der Waals surface area contributed by atoms with Crippen LogP contribution in [0.15, 0.2) is 0 Å². The van der Waals surface area contributed by atoms with Gasteiger partial charge in [-0.25, -0.2) is 0 Å². The summed E-state index contributed by atoms with van der Waals surface area (Å²) in [7, 11) is 0. The average Bonchev–Trinajstić information content (AvgIpc) is 2.67. The highest BCUT2D eigenvalue weighted by atomic mass is 16.4. The highest BCUT2D eigenvalue weighted by Gasteiger charge is 2.46. The molecule has 0 saturated heterocycles. The third-order valence-corrected chi connectivity index (χ3v) is 2.89. The van der Waals surface area contributed by atoms with Gasteiger partial charge in [0.25, 0.3) is 0 Å². The second-order valence-electron chi connectivity index (χ2n) is 4.91. The van der Waals surface area contributed by atoms with Crippen molar-refractivity contribution in [3.05, 3.63) is 0 Å². The van der Waals surface area contributed by atoms with Crippen LogP contribution in [0.1, 0.15) is 46.0 Å². The summed E-state index contributed by atoms with van der Waals surface area (Å²) in [6, 6.07) is 0.324. The molecule has 0 radical (unpaired) electrons. The van der Waals surface area contributed by atoms with Crippen LogP contribution in [0, 0.1) is 5.41 Å². The normalized spacial score (nSPS) is 22.1. The molecule has 1 fully saturated rings. The monoisotopic (exact) mass is 213 g/mol. The zero-order valence-corrected chi connectivity index (χ0v) is 9.38. The lowest BCUT2D eigenvalue weighted by Crippen LogP contribution is -2.28. The van der Waals surface area contributed by atoms with Crippen LogP contribution in [0.4, 0.5) is 0 Å². The lowest BCUT2D eigenvalue weighted by atomic mass is 10.1. The smallest absolute Gasteiger partial charge is 0.303 e. The minimum atomic E-state index is -0.793. The Morgan fingerprint density at radius 1 is 1.33 bits per heavy atom. The maximum Gasteiger partial charge on any atom is 0.303 e. The van der Waals surface area contributed by atoms with Crippen LogP contribution in [0.2, 0.25) is 0 Å². The zero-order valence-electron chi connectivity index (χ0n) is 9.38. The van der Waals surface area contributed by atoms with Gasteiger partial charge in [-0.3, -0.25) is 9.59 Å². The first-order valence-electron chi connectivity index (χ1n) is 5.43. The number of aliphatic carboxylic acids is 1. The molecule has 2 N–H and O–H groups in total. The van der Waals surface area contributed by atoms with Crippen LogP contribution in [-0.2, 0) is 9.59 Å². The molecule has 0 spiro atoms. The number of carboxylic acids is 1. The summed E-state index contributed by atoms with van der Waals surface area (Å²) in [4.78, 5) is 21.6. The number of amides is 1. The number of unbranched alkanes of at least 4 members (excludes halogenated alkanes) is 1. The van der Waals surface area contributed by atoms with Crippen molar-refractivity contribution in [1.29, 1.82) is 0 Å². The number of rotatable bonds is 6. The molecular weight excluding hydrogens is 194 g/mol. The van der Waals surface area contributed by atoms with Crippen molar-refractivity contribution in [1.82, 2.24) is 5.32 Å². The van der Waals surface area contributed by atoms with E-state index in [4.69, 9.17) is 5.11 Å². The third kappa shape index (κ3) is 4.32. The SMILES string of the molecule is CC1(C)CC1NC(=O)CCCCC(=O)O. The number of carbonyl (C=O) groups excluding carboxylic acids is 1. The molecule has 1 unspecified atom stereocenters. The fraction of sp³-hybridized carbons (Fsp3) is 0.818. The van der Waals surface area contributed by atoms with Crippen molar-refractivity contribution < 1.29 is 14.7 Å². The second-order valence-corrected chi connectivity index (χ2v) is 4.91. The standard InChI is InChI=1S/C11H19NO3/c1-11(2)7-8(11)12-9(13)5-3-4-6-10(14)15/h8H,3-7H2,1-2H3,(H,12,13)(H,14,15). The van der Waals surface area contributed by atoms with Gasteiger partial charge in [0.15, 0.2) is 0 Å². The first-order valence-corrected chi connectivity index (χ1v) is 5.43. The Hall–Kier alpha value is -1.06. The molecule has 0 bridgehead atoms. The molecule has 1 aliphatic rings. The van der Waals surface area contributed by atoms with E-state index in [1.54, 1.807) is 0 Å². The van der Waals surface area contributed by atoms with E-state index in [0.717, 1.165) is 6.42 Å². The molecule has 1 rings (SSSR count). The average molecular weight is 213 g/mol. The van der Waals surface area contributed by atoms with Crippen LogP contribution in [0.3, 0.4) is 0 Å². The summed E-state index contributed by atoms with van der Waals surface area (Å²) in [5, 5.41) is 11.3. The molecule has 0 aromatic heterocycles. The van der Waals surface area contributed by atoms with E-state index in [1.165, 1.54) is 0 Å². The minimum Gasteiger partial charge on any atom is -0.481 e. The Kier molecular flexibility index (Phi) is 3.72. The summed E-state index contributed by atoms with van der Waals surface area (Å²) in [5.41, 5.74) is 0.261. The van der Waals surface area contributed by atoms with E-state index >= 15 is 0 Å². The molecule has 1 saturated carbocycles. The summed E-state index contributed by atoms with van der Waals surface area (Å²) in [6.45, 7) is 4.25.